The third-order valence-corrected chi connectivity index (χ3v) is 6.20. The van der Waals surface area contributed by atoms with E-state index in [-0.39, 0.29) is 11.4 Å². The Balaban J connectivity index is 2.24. The topological polar surface area (TPSA) is 63.7 Å². The minimum atomic E-state index is -3.93. The Morgan fingerprint density at radius 3 is 2.28 bits per heavy atom. The van der Waals surface area contributed by atoms with Crippen LogP contribution < -0.4 is 0 Å². The summed E-state index contributed by atoms with van der Waals surface area (Å²) in [6.07, 6.45) is 2.22. The lowest BCUT2D eigenvalue weighted by molar-refractivity contribution is 0.0384. The van der Waals surface area contributed by atoms with Gasteiger partial charge in [0, 0.05) is 6.54 Å². The van der Waals surface area contributed by atoms with E-state index in [9.17, 15) is 13.2 Å². The quantitative estimate of drug-likeness (QED) is 0.749. The molecule has 1 unspecified atom stereocenters. The first kappa shape index (κ1) is 19.8. The maximum Gasteiger partial charge on any atom is 0.424 e. The summed E-state index contributed by atoms with van der Waals surface area (Å²) in [5.74, 6) is 1.06. The fraction of sp³-hybridized carbons (Fsp3) is 0.632. The minimum Gasteiger partial charge on any atom is -0.443 e. The van der Waals surface area contributed by atoms with Gasteiger partial charge < -0.3 is 4.74 Å². The van der Waals surface area contributed by atoms with E-state index in [2.05, 4.69) is 6.92 Å². The zero-order valence-corrected chi connectivity index (χ0v) is 16.6. The van der Waals surface area contributed by atoms with Crippen LogP contribution >= 0.6 is 0 Å². The van der Waals surface area contributed by atoms with Gasteiger partial charge in [-0.1, -0.05) is 24.6 Å². The highest BCUT2D eigenvalue weighted by atomic mass is 32.2. The zero-order chi connectivity index (χ0) is 18.8. The Morgan fingerprint density at radius 2 is 1.80 bits per heavy atom. The van der Waals surface area contributed by atoms with Crippen molar-refractivity contribution in [3.05, 3.63) is 29.8 Å². The van der Waals surface area contributed by atoms with Crippen LogP contribution in [0.2, 0.25) is 0 Å². The molecule has 0 saturated heterocycles. The Bertz CT molecular complexity index is 700. The molecule has 0 aliphatic heterocycles. The van der Waals surface area contributed by atoms with Gasteiger partial charge in [0.25, 0.3) is 10.0 Å². The van der Waals surface area contributed by atoms with Gasteiger partial charge in [-0.05, 0) is 70.9 Å². The van der Waals surface area contributed by atoms with Gasteiger partial charge in [0.15, 0.2) is 0 Å². The lowest BCUT2D eigenvalue weighted by atomic mass is 10.0. The molecule has 0 bridgehead atoms. The van der Waals surface area contributed by atoms with Crippen molar-refractivity contribution >= 4 is 16.1 Å². The van der Waals surface area contributed by atoms with Gasteiger partial charge in [0.1, 0.15) is 5.60 Å². The van der Waals surface area contributed by atoms with E-state index in [1.807, 2.05) is 6.92 Å². The molecular formula is C19H29NO4S. The van der Waals surface area contributed by atoms with E-state index >= 15 is 0 Å². The van der Waals surface area contributed by atoms with Crippen LogP contribution in [0.5, 0.6) is 0 Å². The zero-order valence-electron chi connectivity index (χ0n) is 15.8. The van der Waals surface area contributed by atoms with Crippen molar-refractivity contribution in [2.75, 3.05) is 6.54 Å². The molecule has 0 N–H and O–H groups in total. The first-order valence-corrected chi connectivity index (χ1v) is 10.3. The van der Waals surface area contributed by atoms with E-state index < -0.39 is 21.7 Å². The van der Waals surface area contributed by atoms with Crippen LogP contribution in [0.1, 0.15) is 52.5 Å². The number of ether oxygens (including phenoxy) is 1. The van der Waals surface area contributed by atoms with Crippen molar-refractivity contribution in [1.29, 1.82) is 0 Å². The van der Waals surface area contributed by atoms with E-state index in [1.54, 1.807) is 32.9 Å². The molecule has 1 atom stereocenters. The van der Waals surface area contributed by atoms with Crippen LogP contribution in [-0.4, -0.2) is 31.0 Å². The third-order valence-electron chi connectivity index (χ3n) is 4.42. The second-order valence-corrected chi connectivity index (χ2v) is 9.84. The number of amides is 1. The predicted molar refractivity (Wildman–Crippen MR) is 97.8 cm³/mol. The standard InChI is InChI=1S/C19H29NO4S/c1-14-6-10-17(11-7-14)25(22,23)20(18(21)24-19(3,4)5)13-12-15(2)16-8-9-16/h6-7,10-11,15-16H,8-9,12-13H2,1-5H3. The van der Waals surface area contributed by atoms with Gasteiger partial charge in [-0.3, -0.25) is 0 Å². The van der Waals surface area contributed by atoms with Gasteiger partial charge in [-0.25, -0.2) is 17.5 Å². The summed E-state index contributed by atoms with van der Waals surface area (Å²) in [7, 11) is -3.93. The molecule has 1 amide bonds. The summed E-state index contributed by atoms with van der Waals surface area (Å²) in [5.41, 5.74) is 0.213. The largest absolute Gasteiger partial charge is 0.443 e. The van der Waals surface area contributed by atoms with Crippen LogP contribution in [0.25, 0.3) is 0 Å². The molecule has 1 saturated carbocycles. The SMILES string of the molecule is Cc1ccc(S(=O)(=O)N(CCC(C)C2CC2)C(=O)OC(C)(C)C)cc1. The number of hydrogen-bond acceptors (Lipinski definition) is 4. The maximum absolute atomic E-state index is 13.0. The van der Waals surface area contributed by atoms with Gasteiger partial charge in [-0.15, -0.1) is 0 Å². The van der Waals surface area contributed by atoms with E-state index in [1.165, 1.54) is 25.0 Å². The Kier molecular flexibility index (Phi) is 5.82. The average molecular weight is 368 g/mol. The van der Waals surface area contributed by atoms with Gasteiger partial charge >= 0.3 is 6.09 Å². The van der Waals surface area contributed by atoms with Crippen LogP contribution in [0, 0.1) is 18.8 Å². The first-order valence-electron chi connectivity index (χ1n) is 8.83. The number of hydrogen-bond donors (Lipinski definition) is 0. The summed E-state index contributed by atoms with van der Waals surface area (Å²) < 4.78 is 32.2. The number of aryl methyl sites for hydroxylation is 1. The summed E-state index contributed by atoms with van der Waals surface area (Å²) in [6.45, 7) is 9.34. The van der Waals surface area contributed by atoms with Crippen molar-refractivity contribution in [3.63, 3.8) is 0 Å². The number of nitrogens with zero attached hydrogens (tertiary/aromatic N) is 1. The first-order chi connectivity index (χ1) is 11.5. The molecule has 0 heterocycles. The monoisotopic (exact) mass is 367 g/mol. The fourth-order valence-corrected chi connectivity index (χ4v) is 4.00. The van der Waals surface area contributed by atoms with Crippen LogP contribution in [-0.2, 0) is 14.8 Å². The maximum atomic E-state index is 13.0. The third kappa shape index (κ3) is 5.46. The van der Waals surface area contributed by atoms with E-state index in [0.29, 0.717) is 18.3 Å². The minimum absolute atomic E-state index is 0.114. The van der Waals surface area contributed by atoms with Gasteiger partial charge in [0.05, 0.1) is 4.90 Å². The van der Waals surface area contributed by atoms with E-state index in [4.69, 9.17) is 4.74 Å². The van der Waals surface area contributed by atoms with Crippen molar-refractivity contribution < 1.29 is 17.9 Å². The molecule has 1 aliphatic carbocycles. The summed E-state index contributed by atoms with van der Waals surface area (Å²) >= 11 is 0. The highest BCUT2D eigenvalue weighted by molar-refractivity contribution is 7.89. The predicted octanol–water partition coefficient (Wildman–Crippen LogP) is 4.36. The van der Waals surface area contributed by atoms with Crippen molar-refractivity contribution in [1.82, 2.24) is 4.31 Å². The molecule has 1 aliphatic rings. The number of sulfonamides is 1. The molecular weight excluding hydrogens is 338 g/mol. The highest BCUT2D eigenvalue weighted by Gasteiger charge is 2.35. The molecule has 0 spiro atoms. The van der Waals surface area contributed by atoms with Crippen molar-refractivity contribution in [2.45, 2.75) is 64.4 Å². The Labute approximate surface area is 151 Å². The molecule has 5 nitrogen and oxygen atoms in total. The molecule has 1 aromatic carbocycles. The molecule has 0 aromatic heterocycles. The molecule has 140 valence electrons. The fourth-order valence-electron chi connectivity index (χ4n) is 2.68. The lowest BCUT2D eigenvalue weighted by Crippen LogP contribution is -2.41. The normalized spacial score (nSPS) is 16.4. The number of rotatable bonds is 6. The van der Waals surface area contributed by atoms with E-state index in [0.717, 1.165) is 9.87 Å². The molecule has 2 rings (SSSR count). The molecule has 6 heteroatoms. The highest BCUT2D eigenvalue weighted by Crippen LogP contribution is 2.38. The second-order valence-electron chi connectivity index (χ2n) is 7.97. The summed E-state index contributed by atoms with van der Waals surface area (Å²) in [4.78, 5) is 12.7. The van der Waals surface area contributed by atoms with Crippen LogP contribution in [0.4, 0.5) is 4.79 Å². The average Bonchev–Trinajstić information content (AvgIpc) is 3.30. The van der Waals surface area contributed by atoms with Crippen LogP contribution in [0.3, 0.4) is 0 Å². The summed E-state index contributed by atoms with van der Waals surface area (Å²) in [5, 5.41) is 0. The lowest BCUT2D eigenvalue weighted by Gasteiger charge is -2.27. The van der Waals surface area contributed by atoms with Gasteiger partial charge in [0.2, 0.25) is 0 Å². The van der Waals surface area contributed by atoms with Crippen LogP contribution in [0.15, 0.2) is 29.2 Å². The van der Waals surface area contributed by atoms with Gasteiger partial charge in [-0.2, -0.15) is 0 Å². The smallest absolute Gasteiger partial charge is 0.424 e. The molecule has 0 radical (unpaired) electrons. The number of carbonyl (C=O) groups is 1. The van der Waals surface area contributed by atoms with Crippen molar-refractivity contribution in [2.24, 2.45) is 11.8 Å². The number of benzene rings is 1. The molecule has 1 aromatic rings. The number of carbonyl (C=O) groups excluding carboxylic acids is 1. The Hall–Kier alpha value is -1.56. The molecule has 25 heavy (non-hydrogen) atoms. The van der Waals surface area contributed by atoms with Crippen molar-refractivity contribution in [3.8, 4) is 0 Å². The Morgan fingerprint density at radius 1 is 1.24 bits per heavy atom. The molecule has 1 fully saturated rings. The second kappa shape index (κ2) is 7.36. The summed E-state index contributed by atoms with van der Waals surface area (Å²) in [6, 6.07) is 6.53.